The maximum atomic E-state index is 13.0. The molecule has 0 unspecified atom stereocenters. The maximum absolute atomic E-state index is 13.0. The van der Waals surface area contributed by atoms with Crippen molar-refractivity contribution in [2.45, 2.75) is 39.3 Å². The van der Waals surface area contributed by atoms with E-state index in [1.807, 2.05) is 66.2 Å². The number of hydrogen-bond donors (Lipinski definition) is 1. The van der Waals surface area contributed by atoms with Crippen LogP contribution in [0.4, 0.5) is 0 Å². The second kappa shape index (κ2) is 10.4. The van der Waals surface area contributed by atoms with Crippen molar-refractivity contribution >= 4 is 23.2 Å². The summed E-state index contributed by atoms with van der Waals surface area (Å²) in [5, 5.41) is 12.9. The molecule has 0 saturated carbocycles. The number of carbonyl (C=O) groups is 2. The number of thiophene rings is 1. The van der Waals surface area contributed by atoms with Gasteiger partial charge in [-0.1, -0.05) is 24.3 Å². The van der Waals surface area contributed by atoms with E-state index < -0.39 is 5.97 Å². The summed E-state index contributed by atoms with van der Waals surface area (Å²) in [6, 6.07) is 15.4. The summed E-state index contributed by atoms with van der Waals surface area (Å²) in [5.74, 6) is 1.20. The lowest BCUT2D eigenvalue weighted by Crippen LogP contribution is -2.25. The Labute approximate surface area is 213 Å². The number of aliphatic carboxylic acids is 1. The quantitative estimate of drug-likeness (QED) is 0.325. The van der Waals surface area contributed by atoms with Crippen LogP contribution >= 0.6 is 11.3 Å². The first-order valence-corrected chi connectivity index (χ1v) is 12.8. The van der Waals surface area contributed by atoms with Crippen molar-refractivity contribution in [2.75, 3.05) is 6.61 Å². The van der Waals surface area contributed by atoms with Crippen LogP contribution in [0, 0.1) is 6.92 Å². The van der Waals surface area contributed by atoms with Gasteiger partial charge in [-0.15, -0.1) is 0 Å². The summed E-state index contributed by atoms with van der Waals surface area (Å²) in [6.07, 6.45) is 1.04. The average molecular weight is 503 g/mol. The largest absolute Gasteiger partial charge is 0.493 e. The van der Waals surface area contributed by atoms with Crippen LogP contribution in [0.2, 0.25) is 0 Å². The van der Waals surface area contributed by atoms with Crippen molar-refractivity contribution in [2.24, 2.45) is 0 Å². The van der Waals surface area contributed by atoms with E-state index in [2.05, 4.69) is 4.98 Å². The Morgan fingerprint density at radius 2 is 1.89 bits per heavy atom. The third-order valence-corrected chi connectivity index (χ3v) is 7.04. The predicted molar refractivity (Wildman–Crippen MR) is 136 cm³/mol. The zero-order chi connectivity index (χ0) is 25.1. The molecular formula is C28H26N2O5S. The fraction of sp³-hybridized carbons (Fsp3) is 0.250. The summed E-state index contributed by atoms with van der Waals surface area (Å²) in [5.41, 5.74) is 5.32. The van der Waals surface area contributed by atoms with Gasteiger partial charge in [0.2, 0.25) is 5.89 Å². The first kappa shape index (κ1) is 23.8. The smallest absolute Gasteiger partial charge is 0.303 e. The third kappa shape index (κ3) is 5.04. The molecule has 1 amide bonds. The normalized spacial score (nSPS) is 12.5. The van der Waals surface area contributed by atoms with Crippen LogP contribution in [0.1, 0.15) is 44.9 Å². The monoisotopic (exact) mass is 502 g/mol. The van der Waals surface area contributed by atoms with Gasteiger partial charge < -0.3 is 19.2 Å². The van der Waals surface area contributed by atoms with Crippen LogP contribution in [-0.4, -0.2) is 33.5 Å². The van der Waals surface area contributed by atoms with Gasteiger partial charge in [0, 0.05) is 35.9 Å². The Morgan fingerprint density at radius 3 is 2.64 bits per heavy atom. The molecule has 1 N–H and O–H groups in total. The molecule has 5 rings (SSSR count). The zero-order valence-electron chi connectivity index (χ0n) is 19.9. The van der Waals surface area contributed by atoms with E-state index in [0.717, 1.165) is 33.7 Å². The molecule has 0 atom stereocenters. The SMILES string of the molecule is Cc1oc(-c2ccccc2)nc1CCOc1ccc(CCC(=O)O)c2c1CN(C(=O)c1ccsc1)C2. The molecule has 0 bridgehead atoms. The summed E-state index contributed by atoms with van der Waals surface area (Å²) in [7, 11) is 0. The Morgan fingerprint density at radius 1 is 1.08 bits per heavy atom. The van der Waals surface area contributed by atoms with Gasteiger partial charge in [-0.3, -0.25) is 9.59 Å². The van der Waals surface area contributed by atoms with Crippen molar-refractivity contribution in [1.82, 2.24) is 9.88 Å². The average Bonchev–Trinajstić information content (AvgIpc) is 3.64. The molecule has 1 aliphatic heterocycles. The van der Waals surface area contributed by atoms with Crippen molar-refractivity contribution < 1.29 is 23.8 Å². The number of nitrogens with zero attached hydrogens (tertiary/aromatic N) is 2. The summed E-state index contributed by atoms with van der Waals surface area (Å²) in [4.78, 5) is 30.6. The molecule has 0 fully saturated rings. The highest BCUT2D eigenvalue weighted by Gasteiger charge is 2.29. The summed E-state index contributed by atoms with van der Waals surface area (Å²) >= 11 is 1.49. The fourth-order valence-corrected chi connectivity index (χ4v) is 5.10. The Bertz CT molecular complexity index is 1380. The molecule has 0 spiro atoms. The number of hydrogen-bond acceptors (Lipinski definition) is 6. The second-order valence-corrected chi connectivity index (χ2v) is 9.51. The number of oxazole rings is 1. The van der Waals surface area contributed by atoms with E-state index in [9.17, 15) is 9.59 Å². The van der Waals surface area contributed by atoms with Gasteiger partial charge in [0.15, 0.2) is 0 Å². The van der Waals surface area contributed by atoms with Gasteiger partial charge in [-0.25, -0.2) is 4.98 Å². The molecule has 8 heteroatoms. The lowest BCUT2D eigenvalue weighted by Gasteiger charge is -2.14. The zero-order valence-corrected chi connectivity index (χ0v) is 20.7. The number of aryl methyl sites for hydroxylation is 2. The Hall–Kier alpha value is -3.91. The number of rotatable bonds is 9. The van der Waals surface area contributed by atoms with E-state index in [1.165, 1.54) is 11.3 Å². The number of carboxylic acid groups (broad SMARTS) is 1. The molecule has 3 heterocycles. The maximum Gasteiger partial charge on any atom is 0.303 e. The molecule has 7 nitrogen and oxygen atoms in total. The number of fused-ring (bicyclic) bond motifs is 1. The van der Waals surface area contributed by atoms with Crippen LogP contribution in [-0.2, 0) is 30.7 Å². The molecule has 1 aliphatic rings. The van der Waals surface area contributed by atoms with E-state index in [4.69, 9.17) is 14.3 Å². The van der Waals surface area contributed by atoms with Gasteiger partial charge in [-0.2, -0.15) is 11.3 Å². The van der Waals surface area contributed by atoms with Crippen LogP contribution in [0.25, 0.3) is 11.5 Å². The molecule has 36 heavy (non-hydrogen) atoms. The highest BCUT2D eigenvalue weighted by atomic mass is 32.1. The molecule has 0 aliphatic carbocycles. The molecular weight excluding hydrogens is 476 g/mol. The number of amides is 1. The minimum atomic E-state index is -0.842. The molecule has 184 valence electrons. The van der Waals surface area contributed by atoms with Crippen LogP contribution in [0.15, 0.2) is 63.7 Å². The molecule has 2 aromatic heterocycles. The van der Waals surface area contributed by atoms with Crippen molar-refractivity contribution in [3.63, 3.8) is 0 Å². The highest BCUT2D eigenvalue weighted by Crippen LogP contribution is 2.35. The molecule has 2 aromatic carbocycles. The van der Waals surface area contributed by atoms with E-state index >= 15 is 0 Å². The predicted octanol–water partition coefficient (Wildman–Crippen LogP) is 5.51. The number of ether oxygens (including phenoxy) is 1. The molecule has 4 aromatic rings. The standard InChI is InChI=1S/C28H26N2O5S/c1-18-24(29-27(35-18)20-5-3-2-4-6-20)11-13-34-25-9-7-19(8-10-26(31)32)22-15-30(16-23(22)25)28(33)21-12-14-36-17-21/h2-7,9,12,14,17H,8,10-11,13,15-16H2,1H3,(H,31,32). The molecule has 0 radical (unpaired) electrons. The van der Waals surface area contributed by atoms with Crippen molar-refractivity contribution in [3.8, 4) is 17.2 Å². The Balaban J connectivity index is 1.32. The first-order chi connectivity index (χ1) is 17.5. The second-order valence-electron chi connectivity index (χ2n) is 8.73. The van der Waals surface area contributed by atoms with Gasteiger partial charge in [0.05, 0.1) is 24.4 Å². The molecule has 0 saturated heterocycles. The highest BCUT2D eigenvalue weighted by molar-refractivity contribution is 7.08. The Kier molecular flexibility index (Phi) is 6.86. The third-order valence-electron chi connectivity index (χ3n) is 6.36. The summed E-state index contributed by atoms with van der Waals surface area (Å²) < 4.78 is 12.0. The number of carbonyl (C=O) groups excluding carboxylic acids is 1. The summed E-state index contributed by atoms with van der Waals surface area (Å²) in [6.45, 7) is 3.18. The number of benzene rings is 2. The van der Waals surface area contributed by atoms with Crippen molar-refractivity contribution in [1.29, 1.82) is 0 Å². The van der Waals surface area contributed by atoms with E-state index in [-0.39, 0.29) is 12.3 Å². The van der Waals surface area contributed by atoms with Crippen molar-refractivity contribution in [3.05, 3.63) is 93.0 Å². The van der Waals surface area contributed by atoms with Crippen LogP contribution < -0.4 is 4.74 Å². The topological polar surface area (TPSA) is 92.9 Å². The van der Waals surface area contributed by atoms with Gasteiger partial charge in [0.25, 0.3) is 5.91 Å². The van der Waals surface area contributed by atoms with Crippen LogP contribution in [0.3, 0.4) is 0 Å². The minimum absolute atomic E-state index is 0.0331. The van der Waals surface area contributed by atoms with Gasteiger partial charge in [0.1, 0.15) is 11.5 Å². The fourth-order valence-electron chi connectivity index (χ4n) is 4.47. The number of aromatic nitrogens is 1. The lowest BCUT2D eigenvalue weighted by molar-refractivity contribution is -0.136. The lowest BCUT2D eigenvalue weighted by atomic mass is 9.99. The van der Waals surface area contributed by atoms with E-state index in [0.29, 0.717) is 49.7 Å². The van der Waals surface area contributed by atoms with Crippen LogP contribution in [0.5, 0.6) is 5.75 Å². The van der Waals surface area contributed by atoms with Gasteiger partial charge in [-0.05, 0) is 54.1 Å². The number of carboxylic acids is 1. The van der Waals surface area contributed by atoms with E-state index in [1.54, 1.807) is 4.90 Å². The minimum Gasteiger partial charge on any atom is -0.493 e. The van der Waals surface area contributed by atoms with Gasteiger partial charge >= 0.3 is 5.97 Å². The first-order valence-electron chi connectivity index (χ1n) is 11.8.